The number of likely N-dealkylation sites (tertiary alicyclic amines) is 1. The molecule has 5 atom stereocenters. The molecule has 1 saturated heterocycles. The van der Waals surface area contributed by atoms with Crippen LogP contribution in [0.4, 0.5) is 13.6 Å². The molecule has 1 aromatic carbocycles. The van der Waals surface area contributed by atoms with Crippen LogP contribution in [0, 0.1) is 5.41 Å². The van der Waals surface area contributed by atoms with Gasteiger partial charge in [-0.25, -0.2) is 13.6 Å². The fourth-order valence-corrected chi connectivity index (χ4v) is 7.25. The Morgan fingerprint density at radius 1 is 0.982 bits per heavy atom. The minimum atomic E-state index is -2.80. The minimum Gasteiger partial charge on any atom is -0.444 e. The Hall–Kier alpha value is -4.14. The number of carbonyl (C=O) groups is 6. The largest absolute Gasteiger partial charge is 0.444 e. The molecule has 13 nitrogen and oxygen atoms in total. The van der Waals surface area contributed by atoms with Crippen LogP contribution in [0.15, 0.2) is 30.3 Å². The zero-order chi connectivity index (χ0) is 41.1. The van der Waals surface area contributed by atoms with E-state index in [4.69, 9.17) is 4.74 Å². The van der Waals surface area contributed by atoms with Gasteiger partial charge in [-0.3, -0.25) is 29.3 Å². The molecular formula is C40H62F2N6O7. The first kappa shape index (κ1) is 45.3. The average molecular weight is 777 g/mol. The van der Waals surface area contributed by atoms with Crippen molar-refractivity contribution in [3.8, 4) is 0 Å². The zero-order valence-electron chi connectivity index (χ0n) is 33.8. The summed E-state index contributed by atoms with van der Waals surface area (Å²) >= 11 is 0. The maximum absolute atomic E-state index is 14.1. The number of benzene rings is 1. The predicted molar refractivity (Wildman–Crippen MR) is 204 cm³/mol. The fraction of sp³-hybridized carbons (Fsp3) is 0.700. The molecule has 55 heavy (non-hydrogen) atoms. The van der Waals surface area contributed by atoms with Gasteiger partial charge in [0.15, 0.2) is 0 Å². The highest BCUT2D eigenvalue weighted by atomic mass is 19.3. The van der Waals surface area contributed by atoms with Crippen LogP contribution in [-0.2, 0) is 28.7 Å². The third-order valence-electron chi connectivity index (χ3n) is 11.0. The number of alkyl carbamates (subject to hydrolysis) is 1. The summed E-state index contributed by atoms with van der Waals surface area (Å²) in [5, 5.41) is 11.2. The first-order valence-electron chi connectivity index (χ1n) is 19.5. The van der Waals surface area contributed by atoms with Gasteiger partial charge in [0, 0.05) is 39.1 Å². The van der Waals surface area contributed by atoms with E-state index in [2.05, 4.69) is 21.3 Å². The number of halogens is 2. The van der Waals surface area contributed by atoms with E-state index in [1.165, 1.54) is 9.80 Å². The summed E-state index contributed by atoms with van der Waals surface area (Å²) in [7, 11) is 3.27. The van der Waals surface area contributed by atoms with Crippen molar-refractivity contribution in [3.63, 3.8) is 0 Å². The van der Waals surface area contributed by atoms with E-state index in [0.29, 0.717) is 37.7 Å². The Kier molecular flexibility index (Phi) is 16.2. The Labute approximate surface area is 324 Å². The monoisotopic (exact) mass is 776 g/mol. The SMILES string of the molecule is CCCC(C)(C)OC(=O)NC(C(=O)N1CCCC1C(=O)NC(CCC(F)F)C(=O)C(=O)NCC(C)(CC)NC(C(=O)N(C)C)c1ccccc1)C1(C)CCC1. The van der Waals surface area contributed by atoms with Crippen molar-refractivity contribution in [1.82, 2.24) is 31.1 Å². The normalized spacial score (nSPS) is 19.3. The molecule has 0 spiro atoms. The molecule has 1 heterocycles. The van der Waals surface area contributed by atoms with Crippen LogP contribution in [0.1, 0.15) is 117 Å². The van der Waals surface area contributed by atoms with Crippen molar-refractivity contribution in [2.24, 2.45) is 5.41 Å². The van der Waals surface area contributed by atoms with Gasteiger partial charge in [-0.15, -0.1) is 0 Å². The zero-order valence-corrected chi connectivity index (χ0v) is 33.8. The van der Waals surface area contributed by atoms with Gasteiger partial charge in [0.2, 0.25) is 29.9 Å². The summed E-state index contributed by atoms with van der Waals surface area (Å²) < 4.78 is 32.5. The van der Waals surface area contributed by atoms with Crippen LogP contribution < -0.4 is 21.3 Å². The van der Waals surface area contributed by atoms with E-state index >= 15 is 0 Å². The molecule has 1 aliphatic carbocycles. The predicted octanol–water partition coefficient (Wildman–Crippen LogP) is 4.64. The number of rotatable bonds is 20. The molecule has 4 N–H and O–H groups in total. The highest BCUT2D eigenvalue weighted by molar-refractivity contribution is 6.38. The summed E-state index contributed by atoms with van der Waals surface area (Å²) in [6, 6.07) is 4.69. The Morgan fingerprint density at radius 3 is 2.18 bits per heavy atom. The Morgan fingerprint density at radius 2 is 1.64 bits per heavy atom. The first-order valence-corrected chi connectivity index (χ1v) is 19.5. The van der Waals surface area contributed by atoms with Gasteiger partial charge in [-0.2, -0.15) is 0 Å². The molecule has 1 aliphatic heterocycles. The van der Waals surface area contributed by atoms with Gasteiger partial charge in [0.25, 0.3) is 5.91 Å². The van der Waals surface area contributed by atoms with Gasteiger partial charge in [0.05, 0.1) is 6.04 Å². The van der Waals surface area contributed by atoms with Crippen LogP contribution in [0.5, 0.6) is 0 Å². The van der Waals surface area contributed by atoms with Crippen molar-refractivity contribution in [1.29, 1.82) is 0 Å². The number of nitrogens with zero attached hydrogens (tertiary/aromatic N) is 2. The Bertz CT molecular complexity index is 1510. The Balaban J connectivity index is 1.75. The highest BCUT2D eigenvalue weighted by Gasteiger charge is 2.49. The van der Waals surface area contributed by atoms with Crippen LogP contribution in [0.3, 0.4) is 0 Å². The summed E-state index contributed by atoms with van der Waals surface area (Å²) in [4.78, 5) is 83.8. The van der Waals surface area contributed by atoms with E-state index in [0.717, 1.165) is 12.8 Å². The number of hydrogen-bond donors (Lipinski definition) is 4. The van der Waals surface area contributed by atoms with E-state index in [9.17, 15) is 37.5 Å². The topological polar surface area (TPSA) is 166 Å². The first-order chi connectivity index (χ1) is 25.8. The number of likely N-dealkylation sites (N-methyl/N-ethyl adjacent to an activating group) is 1. The number of hydrogen-bond acceptors (Lipinski definition) is 8. The lowest BCUT2D eigenvalue weighted by atomic mass is 9.65. The molecule has 308 valence electrons. The molecule has 1 aromatic rings. The smallest absolute Gasteiger partial charge is 0.408 e. The van der Waals surface area contributed by atoms with Gasteiger partial charge in [-0.05, 0) is 76.7 Å². The van der Waals surface area contributed by atoms with Gasteiger partial charge >= 0.3 is 6.09 Å². The standard InChI is InChI=1S/C40H62F2N6O7/c1-9-21-38(3,4)55-37(54)45-32(39(5)22-15-23-39)36(53)48-24-14-18-28(48)33(50)44-27(19-20-29(41)42)31(49)34(51)43-25-40(6,10-2)46-30(35(52)47(7)8)26-16-12-11-13-17-26/h11-13,16-17,27-30,32,46H,9-10,14-15,18-25H2,1-8H3,(H,43,51)(H,44,50)(H,45,54). The second-order valence-corrected chi connectivity index (χ2v) is 16.4. The molecule has 3 rings (SSSR count). The van der Waals surface area contributed by atoms with Crippen molar-refractivity contribution >= 4 is 35.5 Å². The molecule has 0 radical (unpaired) electrons. The molecule has 2 aliphatic rings. The number of amides is 5. The number of Topliss-reactive ketones (excluding diaryl/α,β-unsaturated/α-hetero) is 1. The van der Waals surface area contributed by atoms with Gasteiger partial charge < -0.3 is 30.5 Å². The summed E-state index contributed by atoms with van der Waals surface area (Å²) in [5.41, 5.74) is -1.49. The third-order valence-corrected chi connectivity index (χ3v) is 11.0. The van der Waals surface area contributed by atoms with E-state index in [1.54, 1.807) is 59.1 Å². The van der Waals surface area contributed by atoms with Crippen LogP contribution >= 0.6 is 0 Å². The van der Waals surface area contributed by atoms with Crippen molar-refractivity contribution in [2.45, 2.75) is 147 Å². The van der Waals surface area contributed by atoms with Crippen molar-refractivity contribution in [2.75, 3.05) is 27.2 Å². The van der Waals surface area contributed by atoms with Gasteiger partial charge in [-0.1, -0.05) is 63.9 Å². The molecular weight excluding hydrogens is 714 g/mol. The molecule has 5 amide bonds. The second-order valence-electron chi connectivity index (χ2n) is 16.4. The van der Waals surface area contributed by atoms with Crippen LogP contribution in [-0.4, -0.2) is 108 Å². The number of ether oxygens (including phenoxy) is 1. The molecule has 0 aromatic heterocycles. The van der Waals surface area contributed by atoms with Gasteiger partial charge in [0.1, 0.15) is 23.7 Å². The number of ketones is 1. The summed E-state index contributed by atoms with van der Waals surface area (Å²) in [6.45, 7) is 11.2. The molecule has 1 saturated carbocycles. The molecule has 2 fully saturated rings. The lowest BCUT2D eigenvalue weighted by molar-refractivity contribution is -0.145. The minimum absolute atomic E-state index is 0.0935. The highest BCUT2D eigenvalue weighted by Crippen LogP contribution is 2.44. The lowest BCUT2D eigenvalue weighted by Gasteiger charge is -2.45. The number of nitrogens with one attached hydrogen (secondary N) is 4. The summed E-state index contributed by atoms with van der Waals surface area (Å²) in [5.74, 6) is -3.62. The molecule has 0 bridgehead atoms. The summed E-state index contributed by atoms with van der Waals surface area (Å²) in [6.07, 6.45) is -0.0176. The molecule has 15 heteroatoms. The quantitative estimate of drug-likeness (QED) is 0.139. The molecule has 5 unspecified atom stereocenters. The maximum Gasteiger partial charge on any atom is 0.408 e. The van der Waals surface area contributed by atoms with Crippen molar-refractivity contribution < 1.29 is 42.3 Å². The lowest BCUT2D eigenvalue weighted by Crippen LogP contribution is -2.61. The van der Waals surface area contributed by atoms with E-state index in [-0.39, 0.29) is 25.4 Å². The van der Waals surface area contributed by atoms with Crippen LogP contribution in [0.2, 0.25) is 0 Å². The second kappa shape index (κ2) is 19.6. The van der Waals surface area contributed by atoms with E-state index in [1.807, 2.05) is 26.8 Å². The fourth-order valence-electron chi connectivity index (χ4n) is 7.25. The van der Waals surface area contributed by atoms with Crippen molar-refractivity contribution in [3.05, 3.63) is 35.9 Å². The maximum atomic E-state index is 14.1. The average Bonchev–Trinajstić information content (AvgIpc) is 3.62. The number of carbonyl (C=O) groups excluding carboxylic acids is 6. The van der Waals surface area contributed by atoms with Crippen LogP contribution in [0.25, 0.3) is 0 Å². The number of alkyl halides is 2. The van der Waals surface area contributed by atoms with E-state index < -0.39 is 89.6 Å². The third kappa shape index (κ3) is 12.4.